The van der Waals surface area contributed by atoms with E-state index in [9.17, 15) is 14.0 Å². The number of amides is 2. The summed E-state index contributed by atoms with van der Waals surface area (Å²) in [5.41, 5.74) is 4.24. The van der Waals surface area contributed by atoms with Crippen LogP contribution in [0.15, 0.2) is 24.3 Å². The summed E-state index contributed by atoms with van der Waals surface area (Å²) in [7, 11) is 3.47. The van der Waals surface area contributed by atoms with Crippen LogP contribution in [0.25, 0.3) is 0 Å². The summed E-state index contributed by atoms with van der Waals surface area (Å²) in [6.07, 6.45) is 4.94. The van der Waals surface area contributed by atoms with E-state index in [1.807, 2.05) is 0 Å². The Balaban J connectivity index is 1.96. The van der Waals surface area contributed by atoms with Crippen LogP contribution in [0.2, 0.25) is 0 Å². The average molecular weight is 375 g/mol. The van der Waals surface area contributed by atoms with Crippen LogP contribution in [0.4, 0.5) is 9.39 Å². The molecule has 0 spiro atoms. The highest BCUT2D eigenvalue weighted by molar-refractivity contribution is 7.17. The van der Waals surface area contributed by atoms with Crippen LogP contribution < -0.4 is 10.7 Å². The van der Waals surface area contributed by atoms with E-state index in [1.54, 1.807) is 25.2 Å². The maximum atomic E-state index is 13.9. The molecule has 1 aliphatic carbocycles. The monoisotopic (exact) mass is 375 g/mol. The second-order valence-corrected chi connectivity index (χ2v) is 7.64. The number of thiophene rings is 1. The van der Waals surface area contributed by atoms with E-state index in [0.29, 0.717) is 10.6 Å². The van der Waals surface area contributed by atoms with Crippen LogP contribution in [0.1, 0.15) is 50.4 Å². The van der Waals surface area contributed by atoms with Crippen LogP contribution in [0.3, 0.4) is 0 Å². The molecule has 7 heteroatoms. The molecular weight excluding hydrogens is 353 g/mol. The number of fused-ring (bicyclic) bond motifs is 1. The number of benzene rings is 1. The molecule has 1 heterocycles. The summed E-state index contributed by atoms with van der Waals surface area (Å²) in [6.45, 7) is 0. The molecule has 0 fully saturated rings. The quantitative estimate of drug-likeness (QED) is 0.634. The van der Waals surface area contributed by atoms with Gasteiger partial charge in [-0.25, -0.2) is 9.40 Å². The van der Waals surface area contributed by atoms with Gasteiger partial charge in [0.1, 0.15) is 10.8 Å². The fourth-order valence-corrected chi connectivity index (χ4v) is 4.43. The summed E-state index contributed by atoms with van der Waals surface area (Å²) < 4.78 is 13.9. The van der Waals surface area contributed by atoms with Gasteiger partial charge in [0.25, 0.3) is 11.8 Å². The fourth-order valence-electron chi connectivity index (χ4n) is 3.15. The van der Waals surface area contributed by atoms with E-state index in [2.05, 4.69) is 10.7 Å². The van der Waals surface area contributed by atoms with E-state index in [4.69, 9.17) is 0 Å². The molecule has 0 atom stereocenters. The van der Waals surface area contributed by atoms with Gasteiger partial charge >= 0.3 is 0 Å². The van der Waals surface area contributed by atoms with E-state index in [1.165, 1.54) is 29.5 Å². The Morgan fingerprint density at radius 2 is 1.81 bits per heavy atom. The Morgan fingerprint density at radius 1 is 1.08 bits per heavy atom. The number of carbonyl (C=O) groups excluding carboxylic acids is 2. The van der Waals surface area contributed by atoms with Crippen LogP contribution in [0.5, 0.6) is 0 Å². The van der Waals surface area contributed by atoms with Crippen molar-refractivity contribution in [3.63, 3.8) is 0 Å². The number of rotatable bonds is 4. The molecule has 1 aromatic heterocycles. The fraction of sp³-hybridized carbons (Fsp3) is 0.368. The summed E-state index contributed by atoms with van der Waals surface area (Å²) >= 11 is 1.43. The minimum absolute atomic E-state index is 0.0324. The molecule has 26 heavy (non-hydrogen) atoms. The Kier molecular flexibility index (Phi) is 5.68. The van der Waals surface area contributed by atoms with Crippen LogP contribution in [-0.2, 0) is 12.8 Å². The molecule has 0 saturated heterocycles. The third kappa shape index (κ3) is 3.94. The molecule has 138 valence electrons. The first-order valence-corrected chi connectivity index (χ1v) is 9.47. The first-order chi connectivity index (χ1) is 12.5. The Morgan fingerprint density at radius 3 is 2.54 bits per heavy atom. The van der Waals surface area contributed by atoms with Crippen molar-refractivity contribution in [1.29, 1.82) is 0 Å². The lowest BCUT2D eigenvalue weighted by molar-refractivity contribution is 0.0857. The molecule has 2 amide bonds. The zero-order chi connectivity index (χ0) is 18.7. The van der Waals surface area contributed by atoms with Gasteiger partial charge in [-0.1, -0.05) is 18.6 Å². The van der Waals surface area contributed by atoms with Gasteiger partial charge < -0.3 is 5.32 Å². The van der Waals surface area contributed by atoms with Crippen molar-refractivity contribution in [3.8, 4) is 0 Å². The van der Waals surface area contributed by atoms with Crippen LogP contribution in [-0.4, -0.2) is 30.9 Å². The van der Waals surface area contributed by atoms with Crippen molar-refractivity contribution in [1.82, 2.24) is 10.4 Å². The van der Waals surface area contributed by atoms with Gasteiger partial charge in [0.05, 0.1) is 11.1 Å². The van der Waals surface area contributed by atoms with Crippen molar-refractivity contribution in [2.45, 2.75) is 32.1 Å². The minimum Gasteiger partial charge on any atom is -0.313 e. The maximum Gasteiger partial charge on any atom is 0.268 e. The van der Waals surface area contributed by atoms with Crippen molar-refractivity contribution >= 4 is 28.2 Å². The second-order valence-electron chi connectivity index (χ2n) is 6.54. The number of anilines is 1. The molecule has 1 aliphatic rings. The largest absolute Gasteiger partial charge is 0.313 e. The molecule has 0 bridgehead atoms. The predicted octanol–water partition coefficient (Wildman–Crippen LogP) is 3.61. The highest BCUT2D eigenvalue weighted by atomic mass is 32.1. The van der Waals surface area contributed by atoms with E-state index in [0.717, 1.165) is 42.5 Å². The molecule has 0 unspecified atom stereocenters. The molecule has 0 saturated carbocycles. The number of hydrogen-bond donors (Lipinski definition) is 2. The van der Waals surface area contributed by atoms with Gasteiger partial charge in [-0.15, -0.1) is 11.3 Å². The van der Waals surface area contributed by atoms with Crippen LogP contribution in [0, 0.1) is 5.82 Å². The lowest BCUT2D eigenvalue weighted by Gasteiger charge is -2.14. The zero-order valence-corrected chi connectivity index (χ0v) is 15.7. The number of nitrogens with zero attached hydrogens (tertiary/aromatic N) is 1. The highest BCUT2D eigenvalue weighted by Gasteiger charge is 2.26. The Bertz CT molecular complexity index is 832. The number of hydrogen-bond acceptors (Lipinski definition) is 4. The molecule has 0 aliphatic heterocycles. The van der Waals surface area contributed by atoms with Gasteiger partial charge in [-0.3, -0.25) is 15.0 Å². The van der Waals surface area contributed by atoms with Crippen LogP contribution >= 0.6 is 11.3 Å². The summed E-state index contributed by atoms with van der Waals surface area (Å²) in [5.74, 6) is -1.38. The number of carbonyl (C=O) groups is 2. The lowest BCUT2D eigenvalue weighted by Crippen LogP contribution is -2.36. The van der Waals surface area contributed by atoms with Gasteiger partial charge in [0, 0.05) is 19.0 Å². The molecule has 2 N–H and O–H groups in total. The molecular formula is C19H22FN3O2S. The third-order valence-corrected chi connectivity index (χ3v) is 5.53. The lowest BCUT2D eigenvalue weighted by atomic mass is 10.0. The third-order valence-electron chi connectivity index (χ3n) is 4.32. The van der Waals surface area contributed by atoms with Gasteiger partial charge in [0.15, 0.2) is 0 Å². The van der Waals surface area contributed by atoms with E-state index in [-0.39, 0.29) is 11.5 Å². The van der Waals surface area contributed by atoms with Crippen molar-refractivity contribution in [2.24, 2.45) is 0 Å². The maximum absolute atomic E-state index is 13.9. The Hall–Kier alpha value is -2.25. The predicted molar refractivity (Wildman–Crippen MR) is 101 cm³/mol. The zero-order valence-electron chi connectivity index (χ0n) is 14.9. The topological polar surface area (TPSA) is 61.4 Å². The normalized spacial score (nSPS) is 13.8. The number of hydrazine groups is 1. The van der Waals surface area contributed by atoms with E-state index >= 15 is 0 Å². The first kappa shape index (κ1) is 18.5. The van der Waals surface area contributed by atoms with Gasteiger partial charge in [-0.05, 0) is 43.4 Å². The highest BCUT2D eigenvalue weighted by Crippen LogP contribution is 2.37. The van der Waals surface area contributed by atoms with Crippen molar-refractivity contribution < 1.29 is 14.0 Å². The Labute approximate surface area is 156 Å². The average Bonchev–Trinajstić information content (AvgIpc) is 2.75. The second kappa shape index (κ2) is 7.97. The summed E-state index contributed by atoms with van der Waals surface area (Å²) in [5, 5.41) is 4.82. The summed E-state index contributed by atoms with van der Waals surface area (Å²) in [4.78, 5) is 26.4. The number of halogens is 1. The van der Waals surface area contributed by atoms with Crippen molar-refractivity contribution in [3.05, 3.63) is 51.7 Å². The molecule has 5 nitrogen and oxygen atoms in total. The molecule has 0 radical (unpaired) electrons. The van der Waals surface area contributed by atoms with Crippen molar-refractivity contribution in [2.75, 3.05) is 19.4 Å². The standard InChI is InChI=1S/C19H22FN3O2S/c1-23(2)22-18(25)16-13-9-4-3-5-11-15(13)26-19(16)21-17(24)12-8-6-7-10-14(12)20/h6-8,10H,3-5,9,11H2,1-2H3,(H,21,24)(H,22,25). The molecule has 2 aromatic rings. The SMILES string of the molecule is CN(C)NC(=O)c1c(NC(=O)c2ccccc2F)sc2c1CCCCC2. The van der Waals surface area contributed by atoms with E-state index < -0.39 is 11.7 Å². The first-order valence-electron chi connectivity index (χ1n) is 8.66. The van der Waals surface area contributed by atoms with Gasteiger partial charge in [0.2, 0.25) is 0 Å². The smallest absolute Gasteiger partial charge is 0.268 e. The summed E-state index contributed by atoms with van der Waals surface area (Å²) in [6, 6.07) is 5.83. The number of nitrogens with one attached hydrogen (secondary N) is 2. The number of aryl methyl sites for hydroxylation is 1. The molecule has 3 rings (SSSR count). The minimum atomic E-state index is -0.581. The molecule has 1 aromatic carbocycles. The van der Waals surface area contributed by atoms with Gasteiger partial charge in [-0.2, -0.15) is 0 Å².